The Labute approximate surface area is 153 Å². The first-order valence-corrected chi connectivity index (χ1v) is 9.09. The number of piperazine rings is 1. The van der Waals surface area contributed by atoms with E-state index in [0.29, 0.717) is 6.54 Å². The maximum Gasteiger partial charge on any atom is 0.257 e. The van der Waals surface area contributed by atoms with Gasteiger partial charge in [0.25, 0.3) is 5.91 Å². The molecular formula is C20H23N5O. The maximum atomic E-state index is 12.8. The van der Waals surface area contributed by atoms with Crippen LogP contribution in [0.15, 0.2) is 59.8 Å². The van der Waals surface area contributed by atoms with Gasteiger partial charge in [0.1, 0.15) is 5.82 Å². The smallest absolute Gasteiger partial charge is 0.257 e. The molecule has 0 spiro atoms. The summed E-state index contributed by atoms with van der Waals surface area (Å²) in [6.45, 7) is 3.90. The van der Waals surface area contributed by atoms with Gasteiger partial charge in [-0.2, -0.15) is 5.10 Å². The molecule has 0 N–H and O–H groups in total. The molecule has 2 aliphatic rings. The summed E-state index contributed by atoms with van der Waals surface area (Å²) >= 11 is 0. The number of aromatic nitrogens is 1. The first kappa shape index (κ1) is 16.7. The van der Waals surface area contributed by atoms with Crippen molar-refractivity contribution in [3.63, 3.8) is 0 Å². The van der Waals surface area contributed by atoms with Crippen molar-refractivity contribution in [1.29, 1.82) is 0 Å². The highest BCUT2D eigenvalue weighted by atomic mass is 16.2. The molecule has 1 atom stereocenters. The first-order valence-electron chi connectivity index (χ1n) is 9.09. The van der Waals surface area contributed by atoms with Crippen molar-refractivity contribution in [2.75, 3.05) is 37.6 Å². The fraction of sp³-hybridized carbons (Fsp3) is 0.350. The second-order valence-electron chi connectivity index (χ2n) is 6.65. The van der Waals surface area contributed by atoms with Gasteiger partial charge in [-0.15, -0.1) is 0 Å². The number of hydrazone groups is 1. The molecule has 1 fully saturated rings. The highest BCUT2D eigenvalue weighted by molar-refractivity contribution is 5.81. The van der Waals surface area contributed by atoms with E-state index in [1.54, 1.807) is 5.01 Å². The van der Waals surface area contributed by atoms with Crippen LogP contribution in [-0.4, -0.2) is 59.7 Å². The van der Waals surface area contributed by atoms with Gasteiger partial charge in [0, 0.05) is 45.0 Å². The minimum absolute atomic E-state index is 0.0264. The van der Waals surface area contributed by atoms with Gasteiger partial charge in [-0.05, 0) is 17.7 Å². The van der Waals surface area contributed by atoms with Gasteiger partial charge in [-0.3, -0.25) is 9.69 Å². The molecule has 1 saturated heterocycles. The normalized spacial score (nSPS) is 20.5. The number of amides is 1. The standard InChI is InChI=1S/C20H23N5O/c26-20(25-18(9-11-22-25)17-6-2-1-3-7-17)16-23-12-14-24(15-13-23)19-8-4-5-10-21-19/h1-8,10-11,18H,9,12-16H2/t18-/m1/s1. The lowest BCUT2D eigenvalue weighted by molar-refractivity contribution is -0.134. The molecule has 0 bridgehead atoms. The Hall–Kier alpha value is -2.73. The lowest BCUT2D eigenvalue weighted by Crippen LogP contribution is -2.49. The number of nitrogens with zero attached hydrogens (tertiary/aromatic N) is 5. The number of pyridine rings is 1. The minimum Gasteiger partial charge on any atom is -0.354 e. The zero-order chi connectivity index (χ0) is 17.8. The van der Waals surface area contributed by atoms with Gasteiger partial charge in [-0.25, -0.2) is 9.99 Å². The fourth-order valence-electron chi connectivity index (χ4n) is 3.55. The second-order valence-corrected chi connectivity index (χ2v) is 6.65. The largest absolute Gasteiger partial charge is 0.354 e. The number of carbonyl (C=O) groups is 1. The van der Waals surface area contributed by atoms with Gasteiger partial charge in [0.05, 0.1) is 12.6 Å². The molecule has 134 valence electrons. The van der Waals surface area contributed by atoms with Gasteiger partial charge < -0.3 is 4.90 Å². The minimum atomic E-state index is 0.0264. The quantitative estimate of drug-likeness (QED) is 0.849. The van der Waals surface area contributed by atoms with E-state index in [9.17, 15) is 4.79 Å². The Bertz CT molecular complexity index is 756. The number of anilines is 1. The molecular weight excluding hydrogens is 326 g/mol. The highest BCUT2D eigenvalue weighted by Gasteiger charge is 2.30. The summed E-state index contributed by atoms with van der Waals surface area (Å²) in [7, 11) is 0. The van der Waals surface area contributed by atoms with E-state index in [1.807, 2.05) is 48.8 Å². The molecule has 26 heavy (non-hydrogen) atoms. The zero-order valence-corrected chi connectivity index (χ0v) is 14.7. The molecule has 0 aliphatic carbocycles. The van der Waals surface area contributed by atoms with E-state index >= 15 is 0 Å². The third-order valence-electron chi connectivity index (χ3n) is 4.97. The van der Waals surface area contributed by atoms with Crippen molar-refractivity contribution in [2.45, 2.75) is 12.5 Å². The Kier molecular flexibility index (Phi) is 4.93. The molecule has 1 amide bonds. The van der Waals surface area contributed by atoms with Crippen LogP contribution in [0.1, 0.15) is 18.0 Å². The van der Waals surface area contributed by atoms with Crippen molar-refractivity contribution in [3.05, 3.63) is 60.3 Å². The topological polar surface area (TPSA) is 52.0 Å². The SMILES string of the molecule is O=C(CN1CCN(c2ccccn2)CC1)N1N=CC[C@@H]1c1ccccc1. The average Bonchev–Trinajstić information content (AvgIpc) is 3.20. The summed E-state index contributed by atoms with van der Waals surface area (Å²) in [5, 5.41) is 5.99. The molecule has 2 aliphatic heterocycles. The van der Waals surface area contributed by atoms with Crippen LogP contribution < -0.4 is 4.90 Å². The monoisotopic (exact) mass is 349 g/mol. The highest BCUT2D eigenvalue weighted by Crippen LogP contribution is 2.28. The van der Waals surface area contributed by atoms with Crippen molar-refractivity contribution < 1.29 is 4.79 Å². The summed E-state index contributed by atoms with van der Waals surface area (Å²) in [5.41, 5.74) is 1.14. The molecule has 4 rings (SSSR count). The van der Waals surface area contributed by atoms with E-state index < -0.39 is 0 Å². The van der Waals surface area contributed by atoms with Crippen LogP contribution in [-0.2, 0) is 4.79 Å². The van der Waals surface area contributed by atoms with Crippen molar-refractivity contribution in [1.82, 2.24) is 14.9 Å². The van der Waals surface area contributed by atoms with Crippen LogP contribution in [0, 0.1) is 0 Å². The fourth-order valence-corrected chi connectivity index (χ4v) is 3.55. The summed E-state index contributed by atoms with van der Waals surface area (Å²) in [5.74, 6) is 1.07. The Morgan fingerprint density at radius 2 is 1.77 bits per heavy atom. The van der Waals surface area contributed by atoms with E-state index in [4.69, 9.17) is 0 Å². The predicted octanol–water partition coefficient (Wildman–Crippen LogP) is 2.16. The van der Waals surface area contributed by atoms with Gasteiger partial charge in [0.2, 0.25) is 0 Å². The Morgan fingerprint density at radius 1 is 1.00 bits per heavy atom. The van der Waals surface area contributed by atoms with Crippen molar-refractivity contribution in [2.24, 2.45) is 5.10 Å². The summed E-state index contributed by atoms with van der Waals surface area (Å²) < 4.78 is 0. The van der Waals surface area contributed by atoms with Gasteiger partial charge in [0.15, 0.2) is 0 Å². The second kappa shape index (κ2) is 7.66. The van der Waals surface area contributed by atoms with Crippen LogP contribution in [0.3, 0.4) is 0 Å². The van der Waals surface area contributed by atoms with E-state index in [0.717, 1.165) is 44.0 Å². The first-order chi connectivity index (χ1) is 12.8. The lowest BCUT2D eigenvalue weighted by Gasteiger charge is -2.35. The third kappa shape index (κ3) is 3.60. The molecule has 6 heteroatoms. The van der Waals surface area contributed by atoms with E-state index in [2.05, 4.69) is 32.0 Å². The summed E-state index contributed by atoms with van der Waals surface area (Å²) in [4.78, 5) is 21.7. The zero-order valence-electron chi connectivity index (χ0n) is 14.7. The predicted molar refractivity (Wildman–Crippen MR) is 102 cm³/mol. The number of benzene rings is 1. The van der Waals surface area contributed by atoms with Crippen LogP contribution in [0.5, 0.6) is 0 Å². The molecule has 1 aromatic carbocycles. The van der Waals surface area contributed by atoms with Crippen molar-refractivity contribution >= 4 is 17.9 Å². The molecule has 3 heterocycles. The molecule has 0 radical (unpaired) electrons. The van der Waals surface area contributed by atoms with Crippen LogP contribution >= 0.6 is 0 Å². The Morgan fingerprint density at radius 3 is 2.50 bits per heavy atom. The Balaban J connectivity index is 1.33. The van der Waals surface area contributed by atoms with Crippen LogP contribution in [0.4, 0.5) is 5.82 Å². The van der Waals surface area contributed by atoms with E-state index in [1.165, 1.54) is 0 Å². The molecule has 0 unspecified atom stereocenters. The number of carbonyl (C=O) groups excluding carboxylic acids is 1. The number of hydrogen-bond donors (Lipinski definition) is 0. The summed E-state index contributed by atoms with van der Waals surface area (Å²) in [6.07, 6.45) is 4.44. The average molecular weight is 349 g/mol. The molecule has 1 aromatic heterocycles. The molecule has 2 aromatic rings. The van der Waals surface area contributed by atoms with Crippen LogP contribution in [0.2, 0.25) is 0 Å². The number of rotatable bonds is 4. The van der Waals surface area contributed by atoms with Crippen LogP contribution in [0.25, 0.3) is 0 Å². The van der Waals surface area contributed by atoms with Crippen molar-refractivity contribution in [3.8, 4) is 0 Å². The molecule has 6 nitrogen and oxygen atoms in total. The lowest BCUT2D eigenvalue weighted by atomic mass is 10.0. The van der Waals surface area contributed by atoms with E-state index in [-0.39, 0.29) is 11.9 Å². The summed E-state index contributed by atoms with van der Waals surface area (Å²) in [6, 6.07) is 16.1. The maximum absolute atomic E-state index is 12.8. The number of hydrogen-bond acceptors (Lipinski definition) is 5. The van der Waals surface area contributed by atoms with Gasteiger partial charge in [-0.1, -0.05) is 36.4 Å². The van der Waals surface area contributed by atoms with Gasteiger partial charge >= 0.3 is 0 Å². The molecule has 0 saturated carbocycles. The third-order valence-corrected chi connectivity index (χ3v) is 4.97.